The van der Waals surface area contributed by atoms with Crippen LogP contribution in [0.5, 0.6) is 0 Å². The van der Waals surface area contributed by atoms with Crippen LogP contribution < -0.4 is 0 Å². The van der Waals surface area contributed by atoms with Crippen molar-refractivity contribution in [3.8, 4) is 0 Å². The molecule has 0 saturated heterocycles. The van der Waals surface area contributed by atoms with Crippen molar-refractivity contribution in [3.05, 3.63) is 21.7 Å². The quantitative estimate of drug-likeness (QED) is 0.837. The second-order valence-corrected chi connectivity index (χ2v) is 7.34. The van der Waals surface area contributed by atoms with Gasteiger partial charge in [-0.25, -0.2) is 4.98 Å². The Labute approximate surface area is 111 Å². The predicted octanol–water partition coefficient (Wildman–Crippen LogP) is 3.24. The van der Waals surface area contributed by atoms with Crippen molar-refractivity contribution in [2.45, 2.75) is 44.3 Å². The fourth-order valence-electron chi connectivity index (χ4n) is 1.66. The van der Waals surface area contributed by atoms with E-state index in [1.807, 2.05) is 11.8 Å². The van der Waals surface area contributed by atoms with Gasteiger partial charge in [0.1, 0.15) is 10.5 Å². The molecule has 0 saturated carbocycles. The van der Waals surface area contributed by atoms with Gasteiger partial charge in [0, 0.05) is 22.4 Å². The van der Waals surface area contributed by atoms with Gasteiger partial charge in [-0.2, -0.15) is 0 Å². The standard InChI is InChI=1S/C12H18N2OS2/c1-12(2,3)17-7-10-13-9-4-5-15-6-8(9)11(16)14-10/h4-7H2,1-3H3,(H,13,14,16). The highest BCUT2D eigenvalue weighted by Crippen LogP contribution is 2.26. The van der Waals surface area contributed by atoms with Crippen molar-refractivity contribution < 1.29 is 4.74 Å². The minimum atomic E-state index is 0.246. The summed E-state index contributed by atoms with van der Waals surface area (Å²) < 4.78 is 6.34. The summed E-state index contributed by atoms with van der Waals surface area (Å²) in [4.78, 5) is 7.85. The lowest BCUT2D eigenvalue weighted by atomic mass is 10.1. The number of nitrogens with one attached hydrogen (secondary N) is 1. The van der Waals surface area contributed by atoms with Crippen LogP contribution >= 0.6 is 24.0 Å². The Morgan fingerprint density at radius 2 is 2.24 bits per heavy atom. The third-order valence-corrected chi connectivity index (χ3v) is 4.16. The van der Waals surface area contributed by atoms with Gasteiger partial charge in [0.25, 0.3) is 0 Å². The first-order valence-electron chi connectivity index (χ1n) is 5.78. The van der Waals surface area contributed by atoms with E-state index in [0.717, 1.165) is 30.2 Å². The SMILES string of the molecule is CC(C)(C)SCc1nc(=S)c2c([nH]1)CCOC2. The molecule has 1 N–H and O–H groups in total. The number of thioether (sulfide) groups is 1. The Kier molecular flexibility index (Phi) is 3.90. The van der Waals surface area contributed by atoms with E-state index in [1.165, 1.54) is 5.69 Å². The maximum Gasteiger partial charge on any atom is 0.135 e. The fraction of sp³-hybridized carbons (Fsp3) is 0.667. The number of hydrogen-bond acceptors (Lipinski definition) is 4. The first kappa shape index (κ1) is 13.1. The van der Waals surface area contributed by atoms with Crippen molar-refractivity contribution in [3.63, 3.8) is 0 Å². The van der Waals surface area contributed by atoms with Gasteiger partial charge in [0.2, 0.25) is 0 Å². The van der Waals surface area contributed by atoms with Gasteiger partial charge in [0.15, 0.2) is 0 Å². The molecule has 3 nitrogen and oxygen atoms in total. The molecular formula is C12H18N2OS2. The van der Waals surface area contributed by atoms with Gasteiger partial charge in [0.05, 0.1) is 19.0 Å². The van der Waals surface area contributed by atoms with Crippen LogP contribution in [0.4, 0.5) is 0 Å². The number of aromatic nitrogens is 2. The summed E-state index contributed by atoms with van der Waals surface area (Å²) in [5.74, 6) is 1.86. The van der Waals surface area contributed by atoms with E-state index >= 15 is 0 Å². The smallest absolute Gasteiger partial charge is 0.135 e. The second-order valence-electron chi connectivity index (χ2n) is 5.15. The number of aromatic amines is 1. The maximum absolute atomic E-state index is 5.40. The third kappa shape index (κ3) is 3.53. The summed E-state index contributed by atoms with van der Waals surface area (Å²) in [5, 5.41) is 0. The first-order chi connectivity index (χ1) is 7.96. The molecule has 0 fully saturated rings. The van der Waals surface area contributed by atoms with Crippen LogP contribution in [0.25, 0.3) is 0 Å². The molecule has 0 aliphatic carbocycles. The van der Waals surface area contributed by atoms with E-state index in [2.05, 4.69) is 30.7 Å². The van der Waals surface area contributed by atoms with Gasteiger partial charge >= 0.3 is 0 Å². The third-order valence-electron chi connectivity index (χ3n) is 2.54. The Hall–Kier alpha value is -0.390. The largest absolute Gasteiger partial charge is 0.376 e. The molecule has 94 valence electrons. The average Bonchev–Trinajstić information content (AvgIpc) is 2.26. The number of nitrogens with zero attached hydrogens (tertiary/aromatic N) is 1. The van der Waals surface area contributed by atoms with Crippen molar-refractivity contribution in [2.24, 2.45) is 0 Å². The molecule has 17 heavy (non-hydrogen) atoms. The van der Waals surface area contributed by atoms with Gasteiger partial charge in [-0.05, 0) is 0 Å². The van der Waals surface area contributed by atoms with Crippen molar-refractivity contribution >= 4 is 24.0 Å². The molecule has 0 radical (unpaired) electrons. The molecule has 5 heteroatoms. The second kappa shape index (κ2) is 5.08. The molecule has 0 atom stereocenters. The number of ether oxygens (including phenoxy) is 1. The van der Waals surface area contributed by atoms with Crippen molar-refractivity contribution in [1.82, 2.24) is 9.97 Å². The van der Waals surface area contributed by atoms with E-state index in [-0.39, 0.29) is 4.75 Å². The minimum Gasteiger partial charge on any atom is -0.376 e. The minimum absolute atomic E-state index is 0.246. The lowest BCUT2D eigenvalue weighted by Gasteiger charge is -2.19. The van der Waals surface area contributed by atoms with Gasteiger partial charge in [-0.3, -0.25) is 0 Å². The lowest BCUT2D eigenvalue weighted by Crippen LogP contribution is -2.15. The highest BCUT2D eigenvalue weighted by Gasteiger charge is 2.15. The van der Waals surface area contributed by atoms with E-state index in [1.54, 1.807) is 0 Å². The Balaban J connectivity index is 2.20. The van der Waals surface area contributed by atoms with Crippen LogP contribution in [0.3, 0.4) is 0 Å². The van der Waals surface area contributed by atoms with Crippen LogP contribution in [0.1, 0.15) is 37.9 Å². The highest BCUT2D eigenvalue weighted by molar-refractivity contribution is 7.99. The molecule has 1 aliphatic heterocycles. The van der Waals surface area contributed by atoms with E-state index in [0.29, 0.717) is 11.2 Å². The molecule has 0 amide bonds. The van der Waals surface area contributed by atoms with Crippen molar-refractivity contribution in [2.75, 3.05) is 6.61 Å². The molecule has 1 aromatic heterocycles. The van der Waals surface area contributed by atoms with Crippen molar-refractivity contribution in [1.29, 1.82) is 0 Å². The van der Waals surface area contributed by atoms with E-state index < -0.39 is 0 Å². The van der Waals surface area contributed by atoms with Gasteiger partial charge in [-0.1, -0.05) is 33.0 Å². The Morgan fingerprint density at radius 1 is 1.47 bits per heavy atom. The van der Waals surface area contributed by atoms with Crippen LogP contribution in [0.2, 0.25) is 0 Å². The van der Waals surface area contributed by atoms with Gasteiger partial charge in [-0.15, -0.1) is 11.8 Å². The Bertz CT molecular complexity index is 463. The highest BCUT2D eigenvalue weighted by atomic mass is 32.2. The number of hydrogen-bond donors (Lipinski definition) is 1. The van der Waals surface area contributed by atoms with Crippen LogP contribution in [0, 0.1) is 4.64 Å². The zero-order chi connectivity index (χ0) is 12.5. The molecule has 2 rings (SSSR count). The average molecular weight is 270 g/mol. The zero-order valence-corrected chi connectivity index (χ0v) is 12.1. The number of H-pyrrole nitrogens is 1. The van der Waals surface area contributed by atoms with Crippen LogP contribution in [-0.2, 0) is 23.5 Å². The maximum atomic E-state index is 5.40. The topological polar surface area (TPSA) is 37.9 Å². The van der Waals surface area contributed by atoms with Gasteiger partial charge < -0.3 is 9.72 Å². The molecule has 0 unspecified atom stereocenters. The summed E-state index contributed by atoms with van der Waals surface area (Å²) in [7, 11) is 0. The lowest BCUT2D eigenvalue weighted by molar-refractivity contribution is 0.108. The molecule has 1 aromatic rings. The van der Waals surface area contributed by atoms with Crippen LogP contribution in [-0.4, -0.2) is 21.3 Å². The normalized spacial score (nSPS) is 15.7. The predicted molar refractivity (Wildman–Crippen MR) is 73.8 cm³/mol. The fourth-order valence-corrected chi connectivity index (χ4v) is 2.66. The Morgan fingerprint density at radius 3 is 2.94 bits per heavy atom. The molecule has 0 aromatic carbocycles. The summed E-state index contributed by atoms with van der Waals surface area (Å²) >= 11 is 7.19. The summed E-state index contributed by atoms with van der Waals surface area (Å²) in [6.45, 7) is 7.99. The summed E-state index contributed by atoms with van der Waals surface area (Å²) in [6, 6.07) is 0. The zero-order valence-electron chi connectivity index (χ0n) is 10.5. The molecule has 1 aliphatic rings. The molecule has 2 heterocycles. The summed E-state index contributed by atoms with van der Waals surface area (Å²) in [6.07, 6.45) is 0.911. The van der Waals surface area contributed by atoms with E-state index in [4.69, 9.17) is 17.0 Å². The number of fused-ring (bicyclic) bond motifs is 1. The summed E-state index contributed by atoms with van der Waals surface area (Å²) in [5.41, 5.74) is 2.27. The molecule has 0 bridgehead atoms. The monoisotopic (exact) mass is 270 g/mol. The van der Waals surface area contributed by atoms with E-state index in [9.17, 15) is 0 Å². The first-order valence-corrected chi connectivity index (χ1v) is 7.18. The number of rotatable bonds is 2. The van der Waals surface area contributed by atoms with Crippen LogP contribution in [0.15, 0.2) is 0 Å². The molecule has 0 spiro atoms. The molecular weight excluding hydrogens is 252 g/mol.